The summed E-state index contributed by atoms with van der Waals surface area (Å²) in [5.41, 5.74) is 1.76. The lowest BCUT2D eigenvalue weighted by atomic mass is 10.1. The van der Waals surface area contributed by atoms with E-state index in [-0.39, 0.29) is 18.0 Å². The number of carbonyl (C=O) groups excluding carboxylic acids is 2. The summed E-state index contributed by atoms with van der Waals surface area (Å²) in [5.74, 6) is -0.567. The Balaban J connectivity index is 1.97. The van der Waals surface area contributed by atoms with Crippen LogP contribution in [0.2, 0.25) is 0 Å². The van der Waals surface area contributed by atoms with Crippen LogP contribution in [0.3, 0.4) is 0 Å². The van der Waals surface area contributed by atoms with Gasteiger partial charge in [-0.3, -0.25) is 19.0 Å². The molecule has 3 rings (SSSR count). The average Bonchev–Trinajstić information content (AvgIpc) is 2.76. The second-order valence-corrected chi connectivity index (χ2v) is 6.71. The lowest BCUT2D eigenvalue weighted by Gasteiger charge is -2.14. The molecule has 0 aliphatic rings. The lowest BCUT2D eigenvalue weighted by molar-refractivity contribution is -0.116. The summed E-state index contributed by atoms with van der Waals surface area (Å²) < 4.78 is 1.24. The van der Waals surface area contributed by atoms with Crippen LogP contribution in [-0.2, 0) is 17.8 Å². The molecule has 7 nitrogen and oxygen atoms in total. The van der Waals surface area contributed by atoms with Gasteiger partial charge in [-0.25, -0.2) is 4.98 Å². The third kappa shape index (κ3) is 4.81. The Labute approximate surface area is 174 Å². The highest BCUT2D eigenvalue weighted by Crippen LogP contribution is 2.16. The van der Waals surface area contributed by atoms with Gasteiger partial charge in [0.25, 0.3) is 11.5 Å². The van der Waals surface area contributed by atoms with Crippen molar-refractivity contribution in [2.45, 2.75) is 26.8 Å². The Morgan fingerprint density at radius 3 is 2.50 bits per heavy atom. The summed E-state index contributed by atoms with van der Waals surface area (Å²) in [6, 6.07) is 16.6. The van der Waals surface area contributed by atoms with Crippen molar-refractivity contribution in [1.29, 1.82) is 0 Å². The van der Waals surface area contributed by atoms with E-state index in [0.717, 1.165) is 12.0 Å². The molecule has 0 saturated heterocycles. The largest absolute Gasteiger partial charge is 0.352 e. The summed E-state index contributed by atoms with van der Waals surface area (Å²) in [6.07, 6.45) is 2.11. The van der Waals surface area contributed by atoms with Gasteiger partial charge in [-0.05, 0) is 31.0 Å². The maximum absolute atomic E-state index is 13.0. The number of benzene rings is 2. The van der Waals surface area contributed by atoms with Crippen molar-refractivity contribution >= 4 is 17.5 Å². The van der Waals surface area contributed by atoms with Crippen LogP contribution in [0.1, 0.15) is 29.8 Å². The average molecular weight is 404 g/mol. The van der Waals surface area contributed by atoms with Crippen molar-refractivity contribution in [3.8, 4) is 11.4 Å². The Hall–Kier alpha value is -3.74. The predicted molar refractivity (Wildman–Crippen MR) is 116 cm³/mol. The number of amides is 2. The van der Waals surface area contributed by atoms with Crippen LogP contribution in [0, 0.1) is 0 Å². The molecule has 2 amide bonds. The Kier molecular flexibility index (Phi) is 6.75. The molecule has 0 unspecified atom stereocenters. The van der Waals surface area contributed by atoms with Crippen molar-refractivity contribution in [3.05, 3.63) is 82.3 Å². The summed E-state index contributed by atoms with van der Waals surface area (Å²) >= 11 is 0. The predicted octanol–water partition coefficient (Wildman–Crippen LogP) is 2.86. The SMILES string of the molecule is CCNC(=O)c1cnc(-c2ccccc2)n(CC(=O)Nc2cccc(CC)c2)c1=O. The summed E-state index contributed by atoms with van der Waals surface area (Å²) in [4.78, 5) is 42.3. The second-order valence-electron chi connectivity index (χ2n) is 6.71. The molecule has 2 aromatic carbocycles. The molecule has 0 fully saturated rings. The van der Waals surface area contributed by atoms with Crippen LogP contribution in [0.25, 0.3) is 11.4 Å². The van der Waals surface area contributed by atoms with Gasteiger partial charge in [-0.15, -0.1) is 0 Å². The quantitative estimate of drug-likeness (QED) is 0.633. The van der Waals surface area contributed by atoms with Crippen LogP contribution in [-0.4, -0.2) is 27.9 Å². The monoisotopic (exact) mass is 404 g/mol. The first kappa shape index (κ1) is 21.0. The van der Waals surface area contributed by atoms with Crippen LogP contribution in [0.4, 0.5) is 5.69 Å². The molecule has 0 bridgehead atoms. The molecule has 2 N–H and O–H groups in total. The Morgan fingerprint density at radius 1 is 1.03 bits per heavy atom. The van der Waals surface area contributed by atoms with Gasteiger partial charge in [0.15, 0.2) is 0 Å². The fraction of sp³-hybridized carbons (Fsp3) is 0.217. The first-order valence-electron chi connectivity index (χ1n) is 9.85. The van der Waals surface area contributed by atoms with Crippen molar-refractivity contribution < 1.29 is 9.59 Å². The number of rotatable bonds is 7. The van der Waals surface area contributed by atoms with E-state index in [0.29, 0.717) is 23.6 Å². The van der Waals surface area contributed by atoms with E-state index < -0.39 is 11.5 Å². The van der Waals surface area contributed by atoms with Gasteiger partial charge >= 0.3 is 0 Å². The highest BCUT2D eigenvalue weighted by molar-refractivity contribution is 5.94. The van der Waals surface area contributed by atoms with Gasteiger partial charge in [0.2, 0.25) is 5.91 Å². The maximum atomic E-state index is 13.0. The number of anilines is 1. The lowest BCUT2D eigenvalue weighted by Crippen LogP contribution is -2.36. The van der Waals surface area contributed by atoms with Crippen molar-refractivity contribution in [1.82, 2.24) is 14.9 Å². The minimum absolute atomic E-state index is 0.0997. The van der Waals surface area contributed by atoms with Crippen molar-refractivity contribution in [2.75, 3.05) is 11.9 Å². The molecule has 3 aromatic rings. The smallest absolute Gasteiger partial charge is 0.267 e. The van der Waals surface area contributed by atoms with Gasteiger partial charge in [0, 0.05) is 24.0 Å². The molecule has 1 aromatic heterocycles. The zero-order valence-electron chi connectivity index (χ0n) is 17.0. The highest BCUT2D eigenvalue weighted by Gasteiger charge is 2.18. The molecule has 154 valence electrons. The minimum Gasteiger partial charge on any atom is -0.352 e. The van der Waals surface area contributed by atoms with E-state index in [2.05, 4.69) is 15.6 Å². The van der Waals surface area contributed by atoms with Crippen LogP contribution in [0.5, 0.6) is 0 Å². The molecule has 0 spiro atoms. The zero-order chi connectivity index (χ0) is 21.5. The summed E-state index contributed by atoms with van der Waals surface area (Å²) in [7, 11) is 0. The minimum atomic E-state index is -0.563. The molecule has 7 heteroatoms. The Morgan fingerprint density at radius 2 is 1.80 bits per heavy atom. The standard InChI is InChI=1S/C23H24N4O3/c1-3-16-9-8-12-18(13-16)26-20(28)15-27-21(17-10-6-5-7-11-17)25-14-19(23(27)30)22(29)24-4-2/h5-14H,3-4,15H2,1-2H3,(H,24,29)(H,26,28). The van der Waals surface area contributed by atoms with Gasteiger partial charge in [-0.2, -0.15) is 0 Å². The molecule has 0 saturated carbocycles. The maximum Gasteiger partial charge on any atom is 0.267 e. The molecule has 0 radical (unpaired) electrons. The number of carbonyl (C=O) groups is 2. The van der Waals surface area contributed by atoms with Crippen LogP contribution < -0.4 is 16.2 Å². The van der Waals surface area contributed by atoms with E-state index in [4.69, 9.17) is 0 Å². The van der Waals surface area contributed by atoms with E-state index >= 15 is 0 Å². The third-order valence-corrected chi connectivity index (χ3v) is 4.58. The molecule has 30 heavy (non-hydrogen) atoms. The summed E-state index contributed by atoms with van der Waals surface area (Å²) in [5, 5.41) is 5.42. The number of hydrogen-bond acceptors (Lipinski definition) is 4. The van der Waals surface area contributed by atoms with Crippen molar-refractivity contribution in [3.63, 3.8) is 0 Å². The first-order valence-corrected chi connectivity index (χ1v) is 9.85. The van der Waals surface area contributed by atoms with Crippen LogP contribution >= 0.6 is 0 Å². The zero-order valence-corrected chi connectivity index (χ0v) is 17.0. The number of aromatic nitrogens is 2. The highest BCUT2D eigenvalue weighted by atomic mass is 16.2. The second kappa shape index (κ2) is 9.65. The molecule has 0 aliphatic heterocycles. The first-order chi connectivity index (χ1) is 14.5. The molecular weight excluding hydrogens is 380 g/mol. The van der Waals surface area contributed by atoms with Gasteiger partial charge < -0.3 is 10.6 Å². The molecular formula is C23H24N4O3. The summed E-state index contributed by atoms with van der Waals surface area (Å²) in [6.45, 7) is 3.91. The van der Waals surface area contributed by atoms with Gasteiger partial charge in [0.1, 0.15) is 17.9 Å². The number of hydrogen-bond donors (Lipinski definition) is 2. The van der Waals surface area contributed by atoms with Gasteiger partial charge in [-0.1, -0.05) is 49.4 Å². The molecule has 1 heterocycles. The Bertz CT molecular complexity index is 1110. The normalized spacial score (nSPS) is 10.5. The number of nitrogens with one attached hydrogen (secondary N) is 2. The van der Waals surface area contributed by atoms with Gasteiger partial charge in [0.05, 0.1) is 0 Å². The number of aryl methyl sites for hydroxylation is 1. The molecule has 0 atom stereocenters. The van der Waals surface area contributed by atoms with E-state index in [1.165, 1.54) is 10.8 Å². The van der Waals surface area contributed by atoms with E-state index in [1.807, 2.05) is 43.3 Å². The fourth-order valence-corrected chi connectivity index (χ4v) is 3.08. The fourth-order valence-electron chi connectivity index (χ4n) is 3.08. The van der Waals surface area contributed by atoms with E-state index in [9.17, 15) is 14.4 Å². The van der Waals surface area contributed by atoms with Crippen molar-refractivity contribution in [2.24, 2.45) is 0 Å². The topological polar surface area (TPSA) is 93.1 Å². The van der Waals surface area contributed by atoms with E-state index in [1.54, 1.807) is 25.1 Å². The third-order valence-electron chi connectivity index (χ3n) is 4.58. The number of nitrogens with zero attached hydrogens (tertiary/aromatic N) is 2. The molecule has 0 aliphatic carbocycles. The van der Waals surface area contributed by atoms with Crippen LogP contribution in [0.15, 0.2) is 65.6 Å².